The van der Waals surface area contributed by atoms with Crippen molar-refractivity contribution in [3.8, 4) is 0 Å². The van der Waals surface area contributed by atoms with Crippen molar-refractivity contribution in [2.24, 2.45) is 0 Å². The van der Waals surface area contributed by atoms with Crippen molar-refractivity contribution in [3.63, 3.8) is 0 Å². The molecule has 0 aliphatic heterocycles. The van der Waals surface area contributed by atoms with Crippen LogP contribution >= 0.6 is 24.0 Å². The summed E-state index contributed by atoms with van der Waals surface area (Å²) >= 11 is 0. The lowest BCUT2D eigenvalue weighted by Crippen LogP contribution is -2.36. The van der Waals surface area contributed by atoms with Gasteiger partial charge in [-0.15, -0.1) is 24.0 Å². The smallest absolute Gasteiger partial charge is 0.303 e. The highest BCUT2D eigenvalue weighted by Crippen LogP contribution is 2.08. The summed E-state index contributed by atoms with van der Waals surface area (Å²) in [5.41, 5.74) is 0. The Hall–Kier alpha value is -0.410. The molecule has 0 atom stereocenters. The number of carbonyl (C=O) groups is 2. The lowest BCUT2D eigenvalue weighted by Gasteiger charge is -2.21. The number of aliphatic hydroxyl groups is 1. The third-order valence-corrected chi connectivity index (χ3v) is 2.79. The van der Waals surface area contributed by atoms with Gasteiger partial charge in [-0.25, -0.2) is 0 Å². The summed E-state index contributed by atoms with van der Waals surface area (Å²) in [6, 6.07) is 0. The van der Waals surface area contributed by atoms with Crippen molar-refractivity contribution < 1.29 is 29.4 Å². The van der Waals surface area contributed by atoms with Crippen LogP contribution < -0.4 is 5.11 Å². The van der Waals surface area contributed by atoms with Crippen LogP contribution in [0.15, 0.2) is 0 Å². The molecule has 0 spiro atoms. The molecule has 0 amide bonds. The van der Waals surface area contributed by atoms with E-state index in [1.165, 1.54) is 0 Å². The molecule has 7 heteroatoms. The quantitative estimate of drug-likeness (QED) is 0.290. The number of rotatable bonds is 11. The second kappa shape index (κ2) is 17.0. The molecule has 0 bridgehead atoms. The van der Waals surface area contributed by atoms with E-state index in [-0.39, 0.29) is 43.4 Å². The number of likely N-dealkylation sites (N-methyl/N-ethyl adjacent to an activating group) is 1. The molecule has 0 saturated heterocycles. The normalized spacial score (nSPS) is 10.2. The van der Waals surface area contributed by atoms with Gasteiger partial charge in [-0.1, -0.05) is 25.7 Å². The summed E-state index contributed by atoms with van der Waals surface area (Å²) in [6.45, 7) is 1.11. The van der Waals surface area contributed by atoms with Crippen LogP contribution in [0.5, 0.6) is 0 Å². The minimum absolute atomic E-state index is 0. The average molecular weight is 433 g/mol. The first-order chi connectivity index (χ1) is 9.69. The van der Waals surface area contributed by atoms with Gasteiger partial charge in [0.15, 0.2) is 0 Å². The first-order valence-corrected chi connectivity index (χ1v) is 7.52. The molecule has 0 aliphatic carbocycles. The molecule has 0 aromatic rings. The van der Waals surface area contributed by atoms with Gasteiger partial charge in [0.05, 0.1) is 27.7 Å². The Morgan fingerprint density at radius 2 is 1.32 bits per heavy atom. The van der Waals surface area contributed by atoms with E-state index in [4.69, 9.17) is 10.2 Å². The third kappa shape index (κ3) is 31.8. The topological polar surface area (TPSA) is 97.7 Å². The van der Waals surface area contributed by atoms with E-state index in [0.717, 1.165) is 43.1 Å². The Bertz CT molecular complexity index is 260. The van der Waals surface area contributed by atoms with Gasteiger partial charge in [-0.2, -0.15) is 0 Å². The second-order valence-electron chi connectivity index (χ2n) is 6.12. The van der Waals surface area contributed by atoms with E-state index in [2.05, 4.69) is 21.1 Å². The predicted octanol–water partition coefficient (Wildman–Crippen LogP) is 1.24. The minimum Gasteiger partial charge on any atom is -0.550 e. The molecule has 0 radical (unpaired) electrons. The second-order valence-corrected chi connectivity index (χ2v) is 6.12. The van der Waals surface area contributed by atoms with E-state index in [9.17, 15) is 14.7 Å². The predicted molar refractivity (Wildman–Crippen MR) is 95.0 cm³/mol. The Morgan fingerprint density at radius 1 is 0.909 bits per heavy atom. The molecule has 0 aliphatic rings. The van der Waals surface area contributed by atoms with Crippen LogP contribution in [0.25, 0.3) is 0 Å². The van der Waals surface area contributed by atoms with Crippen molar-refractivity contribution in [3.05, 3.63) is 0 Å². The molecule has 0 aromatic carbocycles. The van der Waals surface area contributed by atoms with Gasteiger partial charge in [-0.05, 0) is 19.3 Å². The summed E-state index contributed by atoms with van der Waals surface area (Å²) in [5, 5.41) is 26.8. The van der Waals surface area contributed by atoms with Crippen LogP contribution in [0.3, 0.4) is 0 Å². The van der Waals surface area contributed by atoms with E-state index in [0.29, 0.717) is 6.42 Å². The van der Waals surface area contributed by atoms with E-state index < -0.39 is 11.9 Å². The van der Waals surface area contributed by atoms with Gasteiger partial charge < -0.3 is 24.6 Å². The molecule has 2 N–H and O–H groups in total. The van der Waals surface area contributed by atoms with Gasteiger partial charge in [-0.3, -0.25) is 4.79 Å². The number of aliphatic hydroxyl groups excluding tert-OH is 1. The molecule has 6 nitrogen and oxygen atoms in total. The van der Waals surface area contributed by atoms with Crippen molar-refractivity contribution in [2.45, 2.75) is 51.4 Å². The van der Waals surface area contributed by atoms with Crippen molar-refractivity contribution >= 4 is 35.9 Å². The molecule has 0 fully saturated rings. The van der Waals surface area contributed by atoms with E-state index >= 15 is 0 Å². The Balaban J connectivity index is -0.000000385. The number of carbonyl (C=O) groups excluding carboxylic acids is 1. The number of carboxylic acids is 2. The van der Waals surface area contributed by atoms with E-state index in [1.807, 2.05) is 0 Å². The number of hydrogen-bond acceptors (Lipinski definition) is 4. The standard InChI is InChI=1S/C10H18O4.C5H14NO.HI/c11-9(12)7-5-3-1-2-4-6-8-10(13)14;1-6(2,3)4-5-7;/h1-8H2,(H,11,12)(H,13,14);7H,4-5H2,1-3H3;1H/q;+1;/p-1. The van der Waals surface area contributed by atoms with Crippen molar-refractivity contribution in [2.75, 3.05) is 34.3 Å². The Kier molecular flexibility index (Phi) is 20.4. The van der Waals surface area contributed by atoms with Crippen molar-refractivity contribution in [1.82, 2.24) is 0 Å². The monoisotopic (exact) mass is 433 g/mol. The van der Waals surface area contributed by atoms with Gasteiger partial charge in [0.1, 0.15) is 6.54 Å². The minimum atomic E-state index is -0.990. The van der Waals surface area contributed by atoms with E-state index in [1.54, 1.807) is 0 Å². The number of nitrogens with zero attached hydrogens (tertiary/aromatic N) is 1. The first kappa shape index (κ1) is 26.5. The molecular formula is C15H32INO5. The van der Waals surface area contributed by atoms with Gasteiger partial charge in [0, 0.05) is 12.4 Å². The van der Waals surface area contributed by atoms with Crippen LogP contribution in [-0.4, -0.2) is 60.9 Å². The molecule has 0 unspecified atom stereocenters. The lowest BCUT2D eigenvalue weighted by molar-refractivity contribution is -0.870. The maximum absolute atomic E-state index is 10.1. The van der Waals surface area contributed by atoms with Crippen LogP contribution in [-0.2, 0) is 9.59 Å². The maximum Gasteiger partial charge on any atom is 0.303 e. The Labute approximate surface area is 151 Å². The number of halogens is 1. The summed E-state index contributed by atoms with van der Waals surface area (Å²) in [7, 11) is 6.16. The number of quaternary nitrogens is 1. The zero-order valence-corrected chi connectivity index (χ0v) is 16.4. The molecule has 22 heavy (non-hydrogen) atoms. The highest BCUT2D eigenvalue weighted by Gasteiger charge is 2.02. The first-order valence-electron chi connectivity index (χ1n) is 7.52. The van der Waals surface area contributed by atoms with Crippen LogP contribution in [0.4, 0.5) is 0 Å². The molecule has 0 saturated carbocycles. The molecule has 0 aromatic heterocycles. The Morgan fingerprint density at radius 3 is 1.59 bits per heavy atom. The number of hydrogen-bond donors (Lipinski definition) is 2. The van der Waals surface area contributed by atoms with Gasteiger partial charge in [0.25, 0.3) is 0 Å². The number of unbranched alkanes of at least 4 members (excludes halogenated alkanes) is 5. The SMILES string of the molecule is C[N+](C)(C)CCO.I.O=C([O-])CCCCCCCCC(=O)O. The highest BCUT2D eigenvalue weighted by atomic mass is 127. The zero-order valence-electron chi connectivity index (χ0n) is 14.0. The molecule has 0 rings (SSSR count). The summed E-state index contributed by atoms with van der Waals surface area (Å²) in [5.74, 6) is -1.74. The van der Waals surface area contributed by atoms with Crippen LogP contribution in [0.2, 0.25) is 0 Å². The molecular weight excluding hydrogens is 401 g/mol. The summed E-state index contributed by atoms with van der Waals surface area (Å²) in [4.78, 5) is 20.2. The third-order valence-electron chi connectivity index (χ3n) is 2.79. The van der Waals surface area contributed by atoms with Gasteiger partial charge >= 0.3 is 5.97 Å². The fourth-order valence-corrected chi connectivity index (χ4v) is 1.55. The number of aliphatic carboxylic acids is 2. The lowest BCUT2D eigenvalue weighted by atomic mass is 10.1. The van der Waals surface area contributed by atoms with Gasteiger partial charge in [0.2, 0.25) is 0 Å². The largest absolute Gasteiger partial charge is 0.550 e. The molecule has 134 valence electrons. The fourth-order valence-electron chi connectivity index (χ4n) is 1.55. The number of carboxylic acid groups (broad SMARTS) is 2. The van der Waals surface area contributed by atoms with Crippen LogP contribution in [0, 0.1) is 0 Å². The van der Waals surface area contributed by atoms with Crippen LogP contribution in [0.1, 0.15) is 51.4 Å². The molecule has 0 heterocycles. The summed E-state index contributed by atoms with van der Waals surface area (Å²) < 4.78 is 0.844. The summed E-state index contributed by atoms with van der Waals surface area (Å²) in [6.07, 6.45) is 5.52. The highest BCUT2D eigenvalue weighted by molar-refractivity contribution is 14.0. The van der Waals surface area contributed by atoms with Crippen molar-refractivity contribution in [1.29, 1.82) is 0 Å². The average Bonchev–Trinajstić information content (AvgIpc) is 2.31. The zero-order chi connectivity index (χ0) is 16.7. The fraction of sp³-hybridized carbons (Fsp3) is 0.867. The maximum atomic E-state index is 10.1.